The van der Waals surface area contributed by atoms with Crippen molar-refractivity contribution in [1.82, 2.24) is 0 Å². The van der Waals surface area contributed by atoms with Gasteiger partial charge in [-0.2, -0.15) is 0 Å². The number of ether oxygens (including phenoxy) is 1. The number of hydrogen-bond donors (Lipinski definition) is 0. The van der Waals surface area contributed by atoms with Crippen LogP contribution >= 0.6 is 0 Å². The lowest BCUT2D eigenvalue weighted by atomic mass is 10.2. The summed E-state index contributed by atoms with van der Waals surface area (Å²) in [6.07, 6.45) is -0.806. The van der Waals surface area contributed by atoms with E-state index in [1.807, 2.05) is 0 Å². The van der Waals surface area contributed by atoms with Crippen LogP contribution in [0.5, 0.6) is 0 Å². The molecule has 0 heterocycles. The van der Waals surface area contributed by atoms with E-state index < -0.39 is 67.6 Å². The van der Waals surface area contributed by atoms with E-state index in [9.17, 15) is 35.2 Å². The Bertz CT molecular complexity index is 709. The molecular formula is C13H13F5O4S. The first-order chi connectivity index (χ1) is 10.3. The summed E-state index contributed by atoms with van der Waals surface area (Å²) in [6, 6.07) is 0. The fourth-order valence-electron chi connectivity index (χ4n) is 1.57. The van der Waals surface area contributed by atoms with Gasteiger partial charge in [0.05, 0.1) is 12.2 Å². The molecule has 0 aromatic heterocycles. The number of rotatable bonds is 4. The Labute approximate surface area is 129 Å². The van der Waals surface area contributed by atoms with Crippen molar-refractivity contribution in [1.29, 1.82) is 0 Å². The molecule has 1 rings (SSSR count). The highest BCUT2D eigenvalue weighted by atomic mass is 32.2. The molecule has 0 fully saturated rings. The maximum absolute atomic E-state index is 13.5. The zero-order valence-corrected chi connectivity index (χ0v) is 13.2. The highest BCUT2D eigenvalue weighted by molar-refractivity contribution is 7.91. The van der Waals surface area contributed by atoms with E-state index in [2.05, 4.69) is 0 Å². The van der Waals surface area contributed by atoms with E-state index >= 15 is 0 Å². The molecule has 0 spiro atoms. The lowest BCUT2D eigenvalue weighted by Crippen LogP contribution is -2.25. The predicted octanol–water partition coefficient (Wildman–Crippen LogP) is 2.89. The third kappa shape index (κ3) is 4.40. The molecule has 0 bridgehead atoms. The molecule has 1 aromatic rings. The zero-order valence-electron chi connectivity index (χ0n) is 12.3. The second-order valence-electron chi connectivity index (χ2n) is 5.55. The van der Waals surface area contributed by atoms with Gasteiger partial charge in [0.25, 0.3) is 0 Å². The molecule has 1 aromatic carbocycles. The van der Waals surface area contributed by atoms with Crippen LogP contribution in [0, 0.1) is 29.1 Å². The average Bonchev–Trinajstić information content (AvgIpc) is 2.39. The minimum atomic E-state index is -4.93. The standard InChI is InChI=1S/C13H13F5O4S/c1-13(2,3)22-6(19)4-5-23(20,21)12-10(17)8(15)7(14)9(16)11(12)18/h4-5H2,1-3H3. The summed E-state index contributed by atoms with van der Waals surface area (Å²) in [7, 11) is -4.93. The molecule has 4 nitrogen and oxygen atoms in total. The SMILES string of the molecule is CC(C)(C)OC(=O)CCS(=O)(=O)c1c(F)c(F)c(F)c(F)c1F. The van der Waals surface area contributed by atoms with Crippen LogP contribution in [0.1, 0.15) is 27.2 Å². The van der Waals surface area contributed by atoms with E-state index in [-0.39, 0.29) is 0 Å². The maximum atomic E-state index is 13.5. The summed E-state index contributed by atoms with van der Waals surface area (Å²) in [5, 5.41) is 0. The van der Waals surface area contributed by atoms with Crippen LogP contribution in [0.2, 0.25) is 0 Å². The topological polar surface area (TPSA) is 60.4 Å². The molecule has 0 aliphatic heterocycles. The summed E-state index contributed by atoms with van der Waals surface area (Å²) in [6.45, 7) is 4.51. The largest absolute Gasteiger partial charge is 0.460 e. The Kier molecular flexibility index (Phi) is 5.40. The third-order valence-corrected chi connectivity index (χ3v) is 4.20. The van der Waals surface area contributed by atoms with Gasteiger partial charge in [-0.1, -0.05) is 0 Å². The van der Waals surface area contributed by atoms with Crippen molar-refractivity contribution < 1.29 is 39.9 Å². The van der Waals surface area contributed by atoms with Crippen molar-refractivity contribution in [3.63, 3.8) is 0 Å². The van der Waals surface area contributed by atoms with Crippen LogP contribution in [0.3, 0.4) is 0 Å². The van der Waals surface area contributed by atoms with Crippen LogP contribution in [-0.2, 0) is 19.4 Å². The highest BCUT2D eigenvalue weighted by Gasteiger charge is 2.34. The first-order valence-corrected chi connectivity index (χ1v) is 7.89. The van der Waals surface area contributed by atoms with Gasteiger partial charge in [0.1, 0.15) is 10.5 Å². The predicted molar refractivity (Wildman–Crippen MR) is 68.7 cm³/mol. The summed E-state index contributed by atoms with van der Waals surface area (Å²) >= 11 is 0. The quantitative estimate of drug-likeness (QED) is 0.272. The molecule has 0 atom stereocenters. The summed E-state index contributed by atoms with van der Waals surface area (Å²) in [5.74, 6) is -14.3. The lowest BCUT2D eigenvalue weighted by molar-refractivity contribution is -0.154. The summed E-state index contributed by atoms with van der Waals surface area (Å²) < 4.78 is 94.3. The lowest BCUT2D eigenvalue weighted by Gasteiger charge is -2.19. The number of carbonyl (C=O) groups excluding carboxylic acids is 1. The first-order valence-electron chi connectivity index (χ1n) is 6.24. The molecule has 0 unspecified atom stereocenters. The smallest absolute Gasteiger partial charge is 0.307 e. The van der Waals surface area contributed by atoms with Crippen molar-refractivity contribution in [3.8, 4) is 0 Å². The Morgan fingerprint density at radius 2 is 1.30 bits per heavy atom. The van der Waals surface area contributed by atoms with Gasteiger partial charge >= 0.3 is 5.97 Å². The molecule has 23 heavy (non-hydrogen) atoms. The van der Waals surface area contributed by atoms with Crippen molar-refractivity contribution in [3.05, 3.63) is 29.1 Å². The Balaban J connectivity index is 3.14. The van der Waals surface area contributed by atoms with Gasteiger partial charge < -0.3 is 4.74 Å². The van der Waals surface area contributed by atoms with E-state index in [0.717, 1.165) is 0 Å². The van der Waals surface area contributed by atoms with Crippen LogP contribution in [0.4, 0.5) is 22.0 Å². The van der Waals surface area contributed by atoms with Gasteiger partial charge in [0, 0.05) is 0 Å². The van der Waals surface area contributed by atoms with Crippen LogP contribution < -0.4 is 0 Å². The Hall–Kier alpha value is -1.71. The van der Waals surface area contributed by atoms with E-state index in [1.165, 1.54) is 20.8 Å². The second kappa shape index (κ2) is 6.42. The van der Waals surface area contributed by atoms with Crippen molar-refractivity contribution in [2.45, 2.75) is 37.7 Å². The fraction of sp³-hybridized carbons (Fsp3) is 0.462. The Morgan fingerprint density at radius 3 is 1.70 bits per heavy atom. The number of hydrogen-bond acceptors (Lipinski definition) is 4. The van der Waals surface area contributed by atoms with Gasteiger partial charge in [-0.25, -0.2) is 30.4 Å². The molecule has 0 aliphatic carbocycles. The van der Waals surface area contributed by atoms with Gasteiger partial charge in [0.15, 0.2) is 33.1 Å². The fourth-order valence-corrected chi connectivity index (χ4v) is 2.93. The Morgan fingerprint density at radius 1 is 0.913 bits per heavy atom. The highest BCUT2D eigenvalue weighted by Crippen LogP contribution is 2.27. The monoisotopic (exact) mass is 360 g/mol. The van der Waals surface area contributed by atoms with Crippen molar-refractivity contribution in [2.24, 2.45) is 0 Å². The van der Waals surface area contributed by atoms with Crippen molar-refractivity contribution in [2.75, 3.05) is 5.75 Å². The minimum absolute atomic E-state index is 0.806. The normalized spacial score (nSPS) is 12.3. The van der Waals surface area contributed by atoms with Crippen LogP contribution in [0.25, 0.3) is 0 Å². The molecule has 0 saturated heterocycles. The molecule has 10 heteroatoms. The molecule has 130 valence electrons. The first kappa shape index (κ1) is 19.3. The molecule has 0 saturated carbocycles. The van der Waals surface area contributed by atoms with Gasteiger partial charge in [-0.15, -0.1) is 0 Å². The van der Waals surface area contributed by atoms with Gasteiger partial charge in [-0.3, -0.25) is 4.79 Å². The second-order valence-corrected chi connectivity index (χ2v) is 7.60. The number of benzene rings is 1. The maximum Gasteiger partial charge on any atom is 0.307 e. The molecular weight excluding hydrogens is 347 g/mol. The van der Waals surface area contributed by atoms with E-state index in [1.54, 1.807) is 0 Å². The average molecular weight is 360 g/mol. The number of carbonyl (C=O) groups is 1. The van der Waals surface area contributed by atoms with E-state index in [4.69, 9.17) is 4.74 Å². The molecule has 0 N–H and O–H groups in total. The minimum Gasteiger partial charge on any atom is -0.460 e. The number of sulfone groups is 1. The van der Waals surface area contributed by atoms with Gasteiger partial charge in [0.2, 0.25) is 5.82 Å². The number of halogens is 5. The third-order valence-electron chi connectivity index (χ3n) is 2.48. The molecule has 0 amide bonds. The van der Waals surface area contributed by atoms with Gasteiger partial charge in [-0.05, 0) is 20.8 Å². The van der Waals surface area contributed by atoms with Crippen molar-refractivity contribution >= 4 is 15.8 Å². The number of esters is 1. The zero-order chi connectivity index (χ0) is 18.2. The molecule has 0 aliphatic rings. The van der Waals surface area contributed by atoms with E-state index in [0.29, 0.717) is 0 Å². The summed E-state index contributed by atoms with van der Waals surface area (Å²) in [4.78, 5) is 9.45. The molecule has 0 radical (unpaired) electrons. The van der Waals surface area contributed by atoms with Crippen LogP contribution in [0.15, 0.2) is 4.90 Å². The van der Waals surface area contributed by atoms with Crippen LogP contribution in [-0.4, -0.2) is 25.7 Å². The summed E-state index contributed by atoms with van der Waals surface area (Å²) in [5.41, 5.74) is -0.925.